The van der Waals surface area contributed by atoms with E-state index < -0.39 is 0 Å². The van der Waals surface area contributed by atoms with Crippen LogP contribution in [0.2, 0.25) is 0 Å². The van der Waals surface area contributed by atoms with E-state index >= 15 is 0 Å². The summed E-state index contributed by atoms with van der Waals surface area (Å²) in [5.74, 6) is 0.453. The topological polar surface area (TPSA) is 51.0 Å². The Morgan fingerprint density at radius 2 is 1.58 bits per heavy atom. The number of halogens is 1. The van der Waals surface area contributed by atoms with Gasteiger partial charge in [0.05, 0.1) is 5.75 Å². The molecule has 7 heteroatoms. The van der Waals surface area contributed by atoms with E-state index in [1.165, 1.54) is 22.7 Å². The average Bonchev–Trinajstić information content (AvgIpc) is 3.24. The van der Waals surface area contributed by atoms with Crippen LogP contribution < -0.4 is 0 Å². The highest BCUT2D eigenvalue weighted by Crippen LogP contribution is 2.28. The van der Waals surface area contributed by atoms with Crippen molar-refractivity contribution in [3.8, 4) is 17.1 Å². The van der Waals surface area contributed by atoms with Crippen LogP contribution in [0.4, 0.5) is 4.39 Å². The van der Waals surface area contributed by atoms with Crippen molar-refractivity contribution in [2.75, 3.05) is 12.8 Å². The lowest BCUT2D eigenvalue weighted by Crippen LogP contribution is -2.28. The van der Waals surface area contributed by atoms with E-state index in [2.05, 4.69) is 10.2 Å². The lowest BCUT2D eigenvalue weighted by atomic mass is 10.2. The Kier molecular flexibility index (Phi) is 6.43. The lowest BCUT2D eigenvalue weighted by Gasteiger charge is -2.17. The molecule has 31 heavy (non-hydrogen) atoms. The van der Waals surface area contributed by atoms with Crippen molar-refractivity contribution in [1.29, 1.82) is 0 Å². The maximum atomic E-state index is 13.9. The van der Waals surface area contributed by atoms with Crippen molar-refractivity contribution in [2.24, 2.45) is 0 Å². The number of thioether (sulfide) groups is 1. The zero-order valence-electron chi connectivity index (χ0n) is 17.0. The van der Waals surface area contributed by atoms with Crippen LogP contribution in [-0.4, -0.2) is 38.4 Å². The Bertz CT molecular complexity index is 1160. The molecule has 3 aromatic carbocycles. The fourth-order valence-electron chi connectivity index (χ4n) is 3.15. The van der Waals surface area contributed by atoms with Gasteiger partial charge in [0.25, 0.3) is 0 Å². The van der Waals surface area contributed by atoms with Gasteiger partial charge in [0.15, 0.2) is 11.0 Å². The molecule has 0 aliphatic heterocycles. The number of carbonyl (C=O) groups excluding carboxylic acids is 1. The van der Waals surface area contributed by atoms with E-state index in [1.807, 2.05) is 65.2 Å². The highest BCUT2D eigenvalue weighted by molar-refractivity contribution is 7.99. The maximum Gasteiger partial charge on any atom is 0.233 e. The number of carbonyl (C=O) groups is 1. The van der Waals surface area contributed by atoms with Gasteiger partial charge < -0.3 is 4.90 Å². The first-order valence-electron chi connectivity index (χ1n) is 9.80. The molecule has 0 bridgehead atoms. The summed E-state index contributed by atoms with van der Waals surface area (Å²) in [6, 6.07) is 26.1. The standard InChI is InChI=1S/C24H21FN4OS/c1-28(16-19-12-8-9-15-21(19)25)22(30)17-31-24-27-26-23(18-10-4-2-5-11-18)29(24)20-13-6-3-7-14-20/h2-15H,16-17H2,1H3. The molecule has 0 radical (unpaired) electrons. The van der Waals surface area contributed by atoms with E-state index in [1.54, 1.807) is 25.2 Å². The Morgan fingerprint density at radius 1 is 0.935 bits per heavy atom. The summed E-state index contributed by atoms with van der Waals surface area (Å²) in [7, 11) is 1.67. The number of hydrogen-bond donors (Lipinski definition) is 0. The second kappa shape index (κ2) is 9.57. The third-order valence-electron chi connectivity index (χ3n) is 4.80. The van der Waals surface area contributed by atoms with Crippen LogP contribution in [0, 0.1) is 5.82 Å². The maximum absolute atomic E-state index is 13.9. The number of amides is 1. The van der Waals surface area contributed by atoms with Gasteiger partial charge in [-0.25, -0.2) is 4.39 Å². The summed E-state index contributed by atoms with van der Waals surface area (Å²) in [5.41, 5.74) is 2.34. The monoisotopic (exact) mass is 432 g/mol. The fourth-order valence-corrected chi connectivity index (χ4v) is 4.05. The highest BCUT2D eigenvalue weighted by Gasteiger charge is 2.18. The van der Waals surface area contributed by atoms with Crippen molar-refractivity contribution < 1.29 is 9.18 Å². The Balaban J connectivity index is 1.54. The average molecular weight is 433 g/mol. The summed E-state index contributed by atoms with van der Waals surface area (Å²) >= 11 is 1.31. The molecule has 0 fully saturated rings. The fraction of sp³-hybridized carbons (Fsp3) is 0.125. The third kappa shape index (κ3) is 4.83. The van der Waals surface area contributed by atoms with Gasteiger partial charge in [-0.05, 0) is 18.2 Å². The molecule has 0 saturated heterocycles. The summed E-state index contributed by atoms with van der Waals surface area (Å²) in [6.07, 6.45) is 0. The minimum atomic E-state index is -0.314. The molecule has 0 unspecified atom stereocenters. The van der Waals surface area contributed by atoms with Crippen LogP contribution in [0.15, 0.2) is 90.1 Å². The second-order valence-corrected chi connectivity index (χ2v) is 7.92. The molecule has 0 N–H and O–H groups in total. The molecule has 1 aromatic heterocycles. The Labute approximate surface area is 184 Å². The molecular weight excluding hydrogens is 411 g/mol. The molecule has 1 amide bonds. The number of para-hydroxylation sites is 1. The number of rotatable bonds is 7. The highest BCUT2D eigenvalue weighted by atomic mass is 32.2. The lowest BCUT2D eigenvalue weighted by molar-refractivity contribution is -0.127. The van der Waals surface area contributed by atoms with Gasteiger partial charge in [-0.1, -0.05) is 78.5 Å². The van der Waals surface area contributed by atoms with Gasteiger partial charge in [0, 0.05) is 30.4 Å². The van der Waals surface area contributed by atoms with Crippen LogP contribution in [0.3, 0.4) is 0 Å². The molecule has 0 saturated carbocycles. The predicted octanol–water partition coefficient (Wildman–Crippen LogP) is 4.82. The summed E-state index contributed by atoms with van der Waals surface area (Å²) in [4.78, 5) is 14.2. The molecule has 4 aromatic rings. The van der Waals surface area contributed by atoms with Crippen LogP contribution in [0.25, 0.3) is 17.1 Å². The first kappa shape index (κ1) is 20.8. The van der Waals surface area contributed by atoms with Crippen LogP contribution >= 0.6 is 11.8 Å². The van der Waals surface area contributed by atoms with Crippen molar-refractivity contribution in [3.63, 3.8) is 0 Å². The molecule has 0 atom stereocenters. The van der Waals surface area contributed by atoms with Crippen LogP contribution in [0.5, 0.6) is 0 Å². The van der Waals surface area contributed by atoms with Gasteiger partial charge in [0.2, 0.25) is 5.91 Å². The first-order valence-corrected chi connectivity index (χ1v) is 10.8. The zero-order valence-corrected chi connectivity index (χ0v) is 17.8. The number of aromatic nitrogens is 3. The van der Waals surface area contributed by atoms with Gasteiger partial charge in [-0.2, -0.15) is 0 Å². The summed E-state index contributed by atoms with van der Waals surface area (Å²) in [5, 5.41) is 9.35. The van der Waals surface area contributed by atoms with Crippen molar-refractivity contribution in [2.45, 2.75) is 11.7 Å². The molecule has 0 spiro atoms. The Morgan fingerprint density at radius 3 is 2.29 bits per heavy atom. The van der Waals surface area contributed by atoms with Crippen LogP contribution in [0.1, 0.15) is 5.56 Å². The molecule has 156 valence electrons. The summed E-state index contributed by atoms with van der Waals surface area (Å²) < 4.78 is 15.9. The first-order chi connectivity index (χ1) is 15.1. The largest absolute Gasteiger partial charge is 0.341 e. The molecule has 0 aliphatic rings. The van der Waals surface area contributed by atoms with Crippen LogP contribution in [-0.2, 0) is 11.3 Å². The predicted molar refractivity (Wildman–Crippen MR) is 120 cm³/mol. The Hall–Kier alpha value is -3.45. The van der Waals surface area contributed by atoms with E-state index in [4.69, 9.17) is 0 Å². The normalized spacial score (nSPS) is 10.8. The van der Waals surface area contributed by atoms with E-state index in [0.717, 1.165) is 11.3 Å². The van der Waals surface area contributed by atoms with E-state index in [9.17, 15) is 9.18 Å². The van der Waals surface area contributed by atoms with Gasteiger partial charge in [-0.3, -0.25) is 9.36 Å². The van der Waals surface area contributed by atoms with Crippen molar-refractivity contribution in [1.82, 2.24) is 19.7 Å². The number of benzene rings is 3. The minimum Gasteiger partial charge on any atom is -0.341 e. The van der Waals surface area contributed by atoms with Crippen molar-refractivity contribution >= 4 is 17.7 Å². The number of hydrogen-bond acceptors (Lipinski definition) is 4. The second-order valence-electron chi connectivity index (χ2n) is 6.97. The SMILES string of the molecule is CN(Cc1ccccc1F)C(=O)CSc1nnc(-c2ccccc2)n1-c1ccccc1. The van der Waals surface area contributed by atoms with Gasteiger partial charge >= 0.3 is 0 Å². The molecular formula is C24H21FN4OS. The number of nitrogens with zero attached hydrogens (tertiary/aromatic N) is 4. The third-order valence-corrected chi connectivity index (χ3v) is 5.71. The van der Waals surface area contributed by atoms with E-state index in [-0.39, 0.29) is 24.0 Å². The molecule has 5 nitrogen and oxygen atoms in total. The minimum absolute atomic E-state index is 0.114. The van der Waals surface area contributed by atoms with Gasteiger partial charge in [0.1, 0.15) is 5.82 Å². The summed E-state index contributed by atoms with van der Waals surface area (Å²) in [6.45, 7) is 0.215. The molecule has 4 rings (SSSR count). The molecule has 1 heterocycles. The quantitative estimate of drug-likeness (QED) is 0.393. The smallest absolute Gasteiger partial charge is 0.233 e. The zero-order chi connectivity index (χ0) is 21.6. The molecule has 0 aliphatic carbocycles. The van der Waals surface area contributed by atoms with Crippen molar-refractivity contribution in [3.05, 3.63) is 96.3 Å². The van der Waals surface area contributed by atoms with Gasteiger partial charge in [-0.15, -0.1) is 10.2 Å². The van der Waals surface area contributed by atoms with E-state index in [0.29, 0.717) is 16.5 Å².